The van der Waals surface area contributed by atoms with Crippen LogP contribution in [0.4, 0.5) is 0 Å². The first kappa shape index (κ1) is 41.5. The normalized spacial score (nSPS) is 11.4. The van der Waals surface area contributed by atoms with E-state index in [1.807, 2.05) is 48.5 Å². The summed E-state index contributed by atoms with van der Waals surface area (Å²) in [5.41, 5.74) is 3.89. The third kappa shape index (κ3) is 19.3. The van der Waals surface area contributed by atoms with Gasteiger partial charge >= 0.3 is 11.9 Å². The Morgan fingerprint density at radius 3 is 1.21 bits per heavy atom. The van der Waals surface area contributed by atoms with Crippen LogP contribution < -0.4 is 0 Å². The van der Waals surface area contributed by atoms with Crippen LogP contribution in [0.5, 0.6) is 0 Å². The molecule has 0 saturated carbocycles. The summed E-state index contributed by atoms with van der Waals surface area (Å²) in [6.07, 6.45) is 20.8. The number of nitrogens with zero attached hydrogens (tertiary/aromatic N) is 2. The maximum absolute atomic E-state index is 12.6. The molecule has 0 atom stereocenters. The van der Waals surface area contributed by atoms with Gasteiger partial charge in [0.15, 0.2) is 0 Å². The number of esters is 2. The Morgan fingerprint density at radius 1 is 0.479 bits per heavy atom. The Balaban J connectivity index is 1.72. The molecule has 0 spiro atoms. The number of carbonyl (C=O) groups excluding carboxylic acids is 2. The van der Waals surface area contributed by atoms with E-state index in [1.54, 1.807) is 0 Å². The van der Waals surface area contributed by atoms with Crippen molar-refractivity contribution in [2.75, 3.05) is 40.3 Å². The second-order valence-corrected chi connectivity index (χ2v) is 13.7. The summed E-state index contributed by atoms with van der Waals surface area (Å²) >= 11 is 0. The number of hydrogen-bond donors (Lipinski definition) is 0. The van der Waals surface area contributed by atoms with Crippen LogP contribution in [0.2, 0.25) is 0 Å². The van der Waals surface area contributed by atoms with Gasteiger partial charge in [-0.05, 0) is 88.2 Å². The van der Waals surface area contributed by atoms with Gasteiger partial charge in [-0.25, -0.2) is 0 Å². The summed E-state index contributed by atoms with van der Waals surface area (Å²) in [5.74, 6) is -0.325. The minimum atomic E-state index is -0.163. The molecule has 0 N–H and O–H groups in total. The Hall–Kier alpha value is -2.70. The summed E-state index contributed by atoms with van der Waals surface area (Å²) in [6.45, 7) is 8.94. The molecule has 0 fully saturated rings. The number of hydrogen-bond acceptors (Lipinski definition) is 6. The van der Waals surface area contributed by atoms with Crippen LogP contribution in [-0.4, -0.2) is 62.0 Å². The molecule has 0 aliphatic rings. The van der Waals surface area contributed by atoms with E-state index >= 15 is 0 Å². The van der Waals surface area contributed by atoms with Crippen molar-refractivity contribution < 1.29 is 19.1 Å². The standard InChI is InChI=1S/C42H68N2O4/c1-5-7-9-11-13-15-21-31-43(3)33-23-29-41(45)47-35-37-25-17-19-27-39(37)40-28-20-18-26-38(40)36-48-42(46)30-24-34-44(4)32-22-16-14-12-10-8-6-2/h17-20,25-28H,5-16,21-24,29-36H2,1-4H3. The van der Waals surface area contributed by atoms with E-state index in [0.717, 1.165) is 61.3 Å². The third-order valence-electron chi connectivity index (χ3n) is 9.23. The van der Waals surface area contributed by atoms with Crippen molar-refractivity contribution in [3.8, 4) is 11.1 Å². The van der Waals surface area contributed by atoms with Gasteiger partial charge in [-0.2, -0.15) is 0 Å². The van der Waals surface area contributed by atoms with Crippen LogP contribution >= 0.6 is 0 Å². The lowest BCUT2D eigenvalue weighted by molar-refractivity contribution is -0.146. The molecule has 0 radical (unpaired) electrons. The lowest BCUT2D eigenvalue weighted by Gasteiger charge is -2.17. The van der Waals surface area contributed by atoms with Gasteiger partial charge in [-0.1, -0.05) is 139 Å². The quantitative estimate of drug-likeness (QED) is 0.0637. The second kappa shape index (κ2) is 27.2. The first-order valence-corrected chi connectivity index (χ1v) is 19.3. The lowest BCUT2D eigenvalue weighted by Crippen LogP contribution is -2.21. The van der Waals surface area contributed by atoms with Crippen LogP contribution in [-0.2, 0) is 32.3 Å². The third-order valence-corrected chi connectivity index (χ3v) is 9.23. The monoisotopic (exact) mass is 665 g/mol. The topological polar surface area (TPSA) is 59.1 Å². The molecule has 0 heterocycles. The van der Waals surface area contributed by atoms with E-state index in [2.05, 4.69) is 37.7 Å². The summed E-state index contributed by atoms with van der Waals surface area (Å²) in [4.78, 5) is 29.9. The minimum Gasteiger partial charge on any atom is -0.461 e. The average Bonchev–Trinajstić information content (AvgIpc) is 3.09. The van der Waals surface area contributed by atoms with Gasteiger partial charge in [-0.3, -0.25) is 9.59 Å². The van der Waals surface area contributed by atoms with Gasteiger partial charge < -0.3 is 19.3 Å². The highest BCUT2D eigenvalue weighted by Gasteiger charge is 2.13. The van der Waals surface area contributed by atoms with Crippen molar-refractivity contribution in [2.24, 2.45) is 0 Å². The summed E-state index contributed by atoms with van der Waals surface area (Å²) in [6, 6.07) is 16.0. The molecule has 48 heavy (non-hydrogen) atoms. The fraction of sp³-hybridized carbons (Fsp3) is 0.667. The smallest absolute Gasteiger partial charge is 0.306 e. The van der Waals surface area contributed by atoms with Crippen LogP contribution in [0.15, 0.2) is 48.5 Å². The molecule has 270 valence electrons. The zero-order chi connectivity index (χ0) is 34.7. The maximum atomic E-state index is 12.6. The number of rotatable bonds is 29. The zero-order valence-electron chi connectivity index (χ0n) is 31.1. The van der Waals surface area contributed by atoms with Crippen LogP contribution in [0.3, 0.4) is 0 Å². The van der Waals surface area contributed by atoms with E-state index in [1.165, 1.54) is 89.9 Å². The summed E-state index contributed by atoms with van der Waals surface area (Å²) < 4.78 is 11.4. The Bertz CT molecular complexity index is 1030. The van der Waals surface area contributed by atoms with E-state index in [-0.39, 0.29) is 25.2 Å². The summed E-state index contributed by atoms with van der Waals surface area (Å²) in [5, 5.41) is 0. The predicted molar refractivity (Wildman–Crippen MR) is 201 cm³/mol. The molecule has 0 saturated heterocycles. The Kier molecular flexibility index (Phi) is 23.5. The van der Waals surface area contributed by atoms with Gasteiger partial charge in [0.25, 0.3) is 0 Å². The van der Waals surface area contributed by atoms with Gasteiger partial charge in [0.1, 0.15) is 13.2 Å². The molecule has 2 rings (SSSR count). The van der Waals surface area contributed by atoms with Crippen molar-refractivity contribution >= 4 is 11.9 Å². The highest BCUT2D eigenvalue weighted by Crippen LogP contribution is 2.28. The average molecular weight is 665 g/mol. The molecule has 6 nitrogen and oxygen atoms in total. The van der Waals surface area contributed by atoms with E-state index in [0.29, 0.717) is 12.8 Å². The van der Waals surface area contributed by atoms with Crippen molar-refractivity contribution in [3.63, 3.8) is 0 Å². The predicted octanol–water partition coefficient (Wildman–Crippen LogP) is 10.4. The first-order valence-electron chi connectivity index (χ1n) is 19.3. The number of benzene rings is 2. The van der Waals surface area contributed by atoms with E-state index in [9.17, 15) is 9.59 Å². The lowest BCUT2D eigenvalue weighted by atomic mass is 9.96. The SMILES string of the molecule is CCCCCCCCCN(C)CCCC(=O)OCc1ccccc1-c1ccccc1COC(=O)CCCN(C)CCCCCCCCC. The van der Waals surface area contributed by atoms with E-state index in [4.69, 9.17) is 9.47 Å². The van der Waals surface area contributed by atoms with Crippen molar-refractivity contribution in [2.45, 2.75) is 143 Å². The van der Waals surface area contributed by atoms with Crippen LogP contribution in [0, 0.1) is 0 Å². The van der Waals surface area contributed by atoms with Crippen molar-refractivity contribution in [3.05, 3.63) is 59.7 Å². The molecule has 6 heteroatoms. The Labute approximate surface area is 294 Å². The molecule has 0 amide bonds. The van der Waals surface area contributed by atoms with Crippen molar-refractivity contribution in [1.82, 2.24) is 9.80 Å². The summed E-state index contributed by atoms with van der Waals surface area (Å²) in [7, 11) is 4.29. The fourth-order valence-corrected chi connectivity index (χ4v) is 6.17. The van der Waals surface area contributed by atoms with Gasteiger partial charge in [0.2, 0.25) is 0 Å². The number of ether oxygens (including phenoxy) is 2. The molecular weight excluding hydrogens is 596 g/mol. The van der Waals surface area contributed by atoms with Crippen LogP contribution in [0.1, 0.15) is 141 Å². The molecule has 0 bridgehead atoms. The molecule has 2 aromatic rings. The van der Waals surface area contributed by atoms with E-state index < -0.39 is 0 Å². The van der Waals surface area contributed by atoms with Gasteiger partial charge in [0, 0.05) is 12.8 Å². The first-order chi connectivity index (χ1) is 23.4. The fourth-order valence-electron chi connectivity index (χ4n) is 6.17. The van der Waals surface area contributed by atoms with Gasteiger partial charge in [-0.15, -0.1) is 0 Å². The number of carbonyl (C=O) groups is 2. The second-order valence-electron chi connectivity index (χ2n) is 13.7. The minimum absolute atomic E-state index is 0.163. The molecule has 0 aliphatic carbocycles. The zero-order valence-corrected chi connectivity index (χ0v) is 31.1. The largest absolute Gasteiger partial charge is 0.461 e. The van der Waals surface area contributed by atoms with Gasteiger partial charge in [0.05, 0.1) is 0 Å². The number of unbranched alkanes of at least 4 members (excludes halogenated alkanes) is 12. The maximum Gasteiger partial charge on any atom is 0.306 e. The van der Waals surface area contributed by atoms with Crippen molar-refractivity contribution in [1.29, 1.82) is 0 Å². The molecule has 0 aromatic heterocycles. The molecule has 2 aromatic carbocycles. The highest BCUT2D eigenvalue weighted by atomic mass is 16.5. The molecular formula is C42H68N2O4. The molecule has 0 aliphatic heterocycles. The molecule has 0 unspecified atom stereocenters. The van der Waals surface area contributed by atoms with Crippen LogP contribution in [0.25, 0.3) is 11.1 Å². The Morgan fingerprint density at radius 2 is 0.812 bits per heavy atom. The highest BCUT2D eigenvalue weighted by molar-refractivity contribution is 5.73.